The van der Waals surface area contributed by atoms with E-state index < -0.39 is 42.2 Å². The largest absolute Gasteiger partial charge is 0.496 e. The van der Waals surface area contributed by atoms with Crippen molar-refractivity contribution in [2.75, 3.05) is 56.6 Å². The number of nitrogens with zero attached hydrogens (tertiary/aromatic N) is 5. The number of anilines is 2. The Balaban J connectivity index is 1.01. The van der Waals surface area contributed by atoms with Crippen LogP contribution in [0.5, 0.6) is 5.75 Å². The second kappa shape index (κ2) is 14.3. The van der Waals surface area contributed by atoms with Crippen molar-refractivity contribution in [1.29, 1.82) is 0 Å². The van der Waals surface area contributed by atoms with Crippen LogP contribution < -0.4 is 25.8 Å². The van der Waals surface area contributed by atoms with Gasteiger partial charge in [0.1, 0.15) is 23.2 Å². The fraction of sp³-hybridized carbons (Fsp3) is 0.378. The van der Waals surface area contributed by atoms with Crippen LogP contribution in [0.2, 0.25) is 5.02 Å². The van der Waals surface area contributed by atoms with Gasteiger partial charge in [-0.05, 0) is 60.2 Å². The van der Waals surface area contributed by atoms with Gasteiger partial charge in [-0.15, -0.1) is 0 Å². The van der Waals surface area contributed by atoms with Gasteiger partial charge in [-0.25, -0.2) is 13.2 Å². The van der Waals surface area contributed by atoms with Crippen LogP contribution in [0.25, 0.3) is 21.9 Å². The molecule has 0 radical (unpaired) electrons. The standard InChI is InChI=1S/C37H37ClF3N7O5/c1-45-19-25(23-7-9-42-18-24(23)35(45)51)21-15-26(38)33(30(16-21)53-2)36(52)48-10-8-31(37(40,41)20-48)47-13-11-46(12-14-47)29-5-3-22(17-27(29)39)43-28-4-6-32(49)44-34(28)50/h3,5,7,9,15-19,28,31,43H,4,6,8,10-14,20H2,1-2H3,(H,44,49,50). The molecule has 2 aromatic carbocycles. The number of aryl methyl sites for hydroxylation is 1. The molecule has 3 aliphatic heterocycles. The third-order valence-electron chi connectivity index (χ3n) is 10.3. The lowest BCUT2D eigenvalue weighted by molar-refractivity contribution is -0.133. The summed E-state index contributed by atoms with van der Waals surface area (Å²) in [6, 6.07) is 7.62. The third-order valence-corrected chi connectivity index (χ3v) is 10.6. The highest BCUT2D eigenvalue weighted by atomic mass is 35.5. The Bertz CT molecular complexity index is 2170. The Kier molecular flexibility index (Phi) is 9.81. The molecule has 2 unspecified atom stereocenters. The van der Waals surface area contributed by atoms with E-state index in [1.807, 2.05) is 0 Å². The van der Waals surface area contributed by atoms with Gasteiger partial charge in [-0.3, -0.25) is 34.4 Å². The van der Waals surface area contributed by atoms with Crippen molar-refractivity contribution in [3.8, 4) is 16.9 Å². The number of likely N-dealkylation sites (tertiary alicyclic amines) is 1. The average Bonchev–Trinajstić information content (AvgIpc) is 3.13. The van der Waals surface area contributed by atoms with Gasteiger partial charge in [0.2, 0.25) is 11.8 Å². The highest BCUT2D eigenvalue weighted by Crippen LogP contribution is 2.39. The number of hydrogen-bond acceptors (Lipinski definition) is 9. The topological polar surface area (TPSA) is 129 Å². The zero-order valence-corrected chi connectivity index (χ0v) is 29.8. The molecule has 2 aromatic heterocycles. The van der Waals surface area contributed by atoms with Crippen LogP contribution in [-0.4, -0.2) is 101 Å². The zero-order valence-electron chi connectivity index (χ0n) is 29.0. The number of benzene rings is 2. The fourth-order valence-electron chi connectivity index (χ4n) is 7.52. The number of piperidine rings is 2. The molecule has 3 fully saturated rings. The Morgan fingerprint density at radius 2 is 1.81 bits per heavy atom. The van der Waals surface area contributed by atoms with E-state index in [1.54, 1.807) is 59.6 Å². The van der Waals surface area contributed by atoms with Crippen LogP contribution in [0, 0.1) is 5.82 Å². The summed E-state index contributed by atoms with van der Waals surface area (Å²) in [5, 5.41) is 6.27. The molecule has 2 atom stereocenters. The second-order valence-electron chi connectivity index (χ2n) is 13.5. The highest BCUT2D eigenvalue weighted by Gasteiger charge is 2.49. The summed E-state index contributed by atoms with van der Waals surface area (Å²) in [6.07, 6.45) is 5.21. The van der Waals surface area contributed by atoms with Gasteiger partial charge in [0.15, 0.2) is 0 Å². The fourth-order valence-corrected chi connectivity index (χ4v) is 7.81. The summed E-state index contributed by atoms with van der Waals surface area (Å²) >= 11 is 6.69. The molecule has 3 aliphatic rings. The van der Waals surface area contributed by atoms with Crippen LogP contribution in [-0.2, 0) is 16.6 Å². The number of carbonyl (C=O) groups excluding carboxylic acids is 3. The predicted octanol–water partition coefficient (Wildman–Crippen LogP) is 4.29. The van der Waals surface area contributed by atoms with Gasteiger partial charge in [0.25, 0.3) is 17.4 Å². The molecule has 7 rings (SSSR count). The summed E-state index contributed by atoms with van der Waals surface area (Å²) in [5.74, 6) is -5.13. The number of ether oxygens (including phenoxy) is 1. The molecule has 16 heteroatoms. The lowest BCUT2D eigenvalue weighted by Crippen LogP contribution is -2.62. The number of methoxy groups -OCH3 is 1. The minimum atomic E-state index is -3.24. The Morgan fingerprint density at radius 3 is 2.51 bits per heavy atom. The van der Waals surface area contributed by atoms with Crippen molar-refractivity contribution in [2.24, 2.45) is 7.05 Å². The molecule has 4 aromatic rings. The number of hydrogen-bond donors (Lipinski definition) is 2. The number of nitrogens with one attached hydrogen (secondary N) is 2. The van der Waals surface area contributed by atoms with Crippen molar-refractivity contribution in [3.05, 3.63) is 81.7 Å². The van der Waals surface area contributed by atoms with E-state index in [2.05, 4.69) is 15.6 Å². The minimum absolute atomic E-state index is 0.0178. The average molecular weight is 752 g/mol. The van der Waals surface area contributed by atoms with Crippen molar-refractivity contribution < 1.29 is 32.3 Å². The molecule has 12 nitrogen and oxygen atoms in total. The minimum Gasteiger partial charge on any atom is -0.496 e. The van der Waals surface area contributed by atoms with Gasteiger partial charge < -0.3 is 24.4 Å². The smallest absolute Gasteiger partial charge is 0.280 e. The Hall–Kier alpha value is -5.15. The zero-order chi connectivity index (χ0) is 37.6. The van der Waals surface area contributed by atoms with Crippen molar-refractivity contribution in [1.82, 2.24) is 24.7 Å². The summed E-state index contributed by atoms with van der Waals surface area (Å²) < 4.78 is 54.0. The maximum absolute atomic E-state index is 15.9. The molecule has 0 spiro atoms. The molecular formula is C37H37ClF3N7O5. The number of alkyl halides is 2. The number of fused-ring (bicyclic) bond motifs is 1. The molecule has 5 heterocycles. The van der Waals surface area contributed by atoms with E-state index >= 15 is 13.2 Å². The van der Waals surface area contributed by atoms with E-state index in [-0.39, 0.29) is 60.3 Å². The van der Waals surface area contributed by atoms with Crippen molar-refractivity contribution in [3.63, 3.8) is 0 Å². The van der Waals surface area contributed by atoms with E-state index in [0.717, 1.165) is 4.90 Å². The molecule has 0 saturated carbocycles. The molecular weight excluding hydrogens is 715 g/mol. The first-order valence-corrected chi connectivity index (χ1v) is 17.6. The van der Waals surface area contributed by atoms with Crippen molar-refractivity contribution >= 4 is 51.5 Å². The predicted molar refractivity (Wildman–Crippen MR) is 193 cm³/mol. The number of halogens is 4. The summed E-state index contributed by atoms with van der Waals surface area (Å²) in [4.78, 5) is 58.7. The molecule has 0 bridgehead atoms. The summed E-state index contributed by atoms with van der Waals surface area (Å²) in [7, 11) is 2.98. The summed E-state index contributed by atoms with van der Waals surface area (Å²) in [6.45, 7) is 0.406. The summed E-state index contributed by atoms with van der Waals surface area (Å²) in [5.41, 5.74) is 1.68. The van der Waals surface area contributed by atoms with E-state index in [4.69, 9.17) is 16.3 Å². The number of piperazine rings is 1. The second-order valence-corrected chi connectivity index (χ2v) is 14.0. The normalized spacial score (nSPS) is 20.7. The maximum atomic E-state index is 15.9. The van der Waals surface area contributed by atoms with Crippen molar-refractivity contribution in [2.45, 2.75) is 37.3 Å². The molecule has 2 N–H and O–H groups in total. The third kappa shape index (κ3) is 7.02. The Morgan fingerprint density at radius 1 is 1.04 bits per heavy atom. The van der Waals surface area contributed by atoms with Crippen LogP contribution >= 0.6 is 11.6 Å². The number of amides is 3. The number of aromatic nitrogens is 2. The number of imide groups is 1. The van der Waals surface area contributed by atoms with Gasteiger partial charge in [-0.2, -0.15) is 0 Å². The number of pyridine rings is 2. The Labute approximate surface area is 307 Å². The molecule has 0 aliphatic carbocycles. The van der Waals surface area contributed by atoms with Crippen LogP contribution in [0.1, 0.15) is 29.6 Å². The van der Waals surface area contributed by atoms with Crippen LogP contribution in [0.4, 0.5) is 24.5 Å². The number of carbonyl (C=O) groups is 3. The van der Waals surface area contributed by atoms with E-state index in [1.165, 1.54) is 23.9 Å². The molecule has 53 heavy (non-hydrogen) atoms. The van der Waals surface area contributed by atoms with Crippen LogP contribution in [0.15, 0.2) is 59.8 Å². The van der Waals surface area contributed by atoms with Crippen LogP contribution in [0.3, 0.4) is 0 Å². The first-order chi connectivity index (χ1) is 25.3. The monoisotopic (exact) mass is 751 g/mol. The van der Waals surface area contributed by atoms with E-state index in [0.29, 0.717) is 52.8 Å². The molecule has 278 valence electrons. The molecule has 3 saturated heterocycles. The van der Waals surface area contributed by atoms with Gasteiger partial charge in [-0.1, -0.05) is 11.6 Å². The van der Waals surface area contributed by atoms with Gasteiger partial charge in [0, 0.05) is 76.0 Å². The highest BCUT2D eigenvalue weighted by molar-refractivity contribution is 6.34. The first-order valence-electron chi connectivity index (χ1n) is 17.2. The first kappa shape index (κ1) is 36.2. The molecule has 3 amide bonds. The van der Waals surface area contributed by atoms with Gasteiger partial charge in [0.05, 0.1) is 35.8 Å². The van der Waals surface area contributed by atoms with Gasteiger partial charge >= 0.3 is 0 Å². The number of rotatable bonds is 7. The quantitative estimate of drug-likeness (QED) is 0.266. The lowest BCUT2D eigenvalue weighted by atomic mass is 9.96. The SMILES string of the molecule is COc1cc(-c2cn(C)c(=O)c3cnccc23)cc(Cl)c1C(=O)N1CCC(N2CCN(c3ccc(NC4CCC(=O)NC4=O)cc3F)CC2)C(F)(F)C1. The van der Waals surface area contributed by atoms with E-state index in [9.17, 15) is 19.2 Å². The maximum Gasteiger partial charge on any atom is 0.280 e. The lowest BCUT2D eigenvalue weighted by Gasteiger charge is -2.46.